The smallest absolute Gasteiger partial charge is 0.319 e. The number of anilines is 2. The Morgan fingerprint density at radius 1 is 1.00 bits per heavy atom. The molecule has 0 aliphatic carbocycles. The molecule has 1 aliphatic heterocycles. The minimum Gasteiger partial charge on any atom is -0.334 e. The van der Waals surface area contributed by atoms with Gasteiger partial charge in [0.1, 0.15) is 0 Å². The molecule has 0 bridgehead atoms. The average molecular weight is 323 g/mol. The summed E-state index contributed by atoms with van der Waals surface area (Å²) < 4.78 is 0. The molecule has 1 fully saturated rings. The summed E-state index contributed by atoms with van der Waals surface area (Å²) >= 11 is 0. The molecule has 24 heavy (non-hydrogen) atoms. The van der Waals surface area contributed by atoms with Gasteiger partial charge in [-0.2, -0.15) is 0 Å². The third kappa shape index (κ3) is 4.13. The first-order chi connectivity index (χ1) is 11.7. The summed E-state index contributed by atoms with van der Waals surface area (Å²) in [5.41, 5.74) is 2.63. The number of carbonyl (C=O) groups excluding carboxylic acids is 2. The van der Waals surface area contributed by atoms with Crippen LogP contribution in [0.3, 0.4) is 0 Å². The molecule has 5 nitrogen and oxygen atoms in total. The molecule has 2 aromatic carbocycles. The first kappa shape index (κ1) is 16.1. The van der Waals surface area contributed by atoms with E-state index in [2.05, 4.69) is 10.6 Å². The lowest BCUT2D eigenvalue weighted by atomic mass is 10.1. The Labute approximate surface area is 141 Å². The van der Waals surface area contributed by atoms with E-state index in [1.54, 1.807) is 0 Å². The minimum atomic E-state index is -0.249. The molecule has 1 heterocycles. The van der Waals surface area contributed by atoms with Crippen molar-refractivity contribution in [2.75, 3.05) is 16.8 Å². The van der Waals surface area contributed by atoms with Gasteiger partial charge in [-0.25, -0.2) is 4.79 Å². The molecule has 3 amide bonds. The van der Waals surface area contributed by atoms with E-state index in [1.807, 2.05) is 59.5 Å². The van der Waals surface area contributed by atoms with E-state index in [4.69, 9.17) is 0 Å². The molecule has 0 atom stereocenters. The number of piperidine rings is 1. The Bertz CT molecular complexity index is 698. The van der Waals surface area contributed by atoms with E-state index in [9.17, 15) is 9.59 Å². The van der Waals surface area contributed by atoms with Crippen molar-refractivity contribution in [2.45, 2.75) is 25.8 Å². The van der Waals surface area contributed by atoms with Crippen LogP contribution in [0.25, 0.3) is 0 Å². The molecule has 3 rings (SSSR count). The predicted octanol–water partition coefficient (Wildman–Crippen LogP) is 3.53. The number of nitrogens with one attached hydrogen (secondary N) is 2. The molecule has 0 unspecified atom stereocenters. The third-order valence-electron chi connectivity index (χ3n) is 4.06. The van der Waals surface area contributed by atoms with E-state index in [0.29, 0.717) is 18.7 Å². The number of hydrogen-bond acceptors (Lipinski definition) is 2. The highest BCUT2D eigenvalue weighted by Gasteiger charge is 2.19. The summed E-state index contributed by atoms with van der Waals surface area (Å²) in [6, 6.07) is 16.9. The zero-order valence-corrected chi connectivity index (χ0v) is 13.5. The zero-order chi connectivity index (χ0) is 16.8. The van der Waals surface area contributed by atoms with Crippen LogP contribution in [0, 0.1) is 0 Å². The third-order valence-corrected chi connectivity index (χ3v) is 4.06. The number of carbonyl (C=O) groups is 2. The summed E-state index contributed by atoms with van der Waals surface area (Å²) in [5, 5.41) is 5.62. The zero-order valence-electron chi connectivity index (χ0n) is 13.5. The van der Waals surface area contributed by atoms with Crippen LogP contribution >= 0.6 is 0 Å². The molecule has 0 aromatic heterocycles. The molecule has 124 valence electrons. The number of urea groups is 1. The first-order valence-corrected chi connectivity index (χ1v) is 8.21. The summed E-state index contributed by atoms with van der Waals surface area (Å²) in [7, 11) is 0. The van der Waals surface area contributed by atoms with Gasteiger partial charge in [0.25, 0.3) is 0 Å². The van der Waals surface area contributed by atoms with Gasteiger partial charge in [-0.1, -0.05) is 30.3 Å². The largest absolute Gasteiger partial charge is 0.334 e. The second-order valence-corrected chi connectivity index (χ2v) is 5.84. The van der Waals surface area contributed by atoms with Crippen LogP contribution in [-0.4, -0.2) is 18.5 Å². The Hall–Kier alpha value is -2.82. The second-order valence-electron chi connectivity index (χ2n) is 5.84. The normalized spacial score (nSPS) is 14.3. The van der Waals surface area contributed by atoms with Gasteiger partial charge in [-0.05, 0) is 42.7 Å². The predicted molar refractivity (Wildman–Crippen MR) is 94.9 cm³/mol. The average Bonchev–Trinajstić information content (AvgIpc) is 2.62. The molecule has 0 saturated carbocycles. The fourth-order valence-electron chi connectivity index (χ4n) is 2.76. The number of hydrogen-bond donors (Lipinski definition) is 2. The molecule has 5 heteroatoms. The molecular weight excluding hydrogens is 302 g/mol. The molecule has 2 aromatic rings. The maximum Gasteiger partial charge on any atom is 0.319 e. The minimum absolute atomic E-state index is 0.169. The quantitative estimate of drug-likeness (QED) is 0.904. The number of amides is 3. The van der Waals surface area contributed by atoms with E-state index in [0.717, 1.165) is 30.6 Å². The van der Waals surface area contributed by atoms with Crippen molar-refractivity contribution in [2.24, 2.45) is 0 Å². The van der Waals surface area contributed by atoms with Gasteiger partial charge in [0.05, 0.1) is 0 Å². The van der Waals surface area contributed by atoms with Crippen molar-refractivity contribution in [3.05, 3.63) is 60.2 Å². The van der Waals surface area contributed by atoms with Crippen LogP contribution in [0.4, 0.5) is 16.2 Å². The summed E-state index contributed by atoms with van der Waals surface area (Å²) in [6.45, 7) is 1.25. The van der Waals surface area contributed by atoms with Gasteiger partial charge >= 0.3 is 6.03 Å². The lowest BCUT2D eigenvalue weighted by Gasteiger charge is -2.26. The Kier molecular flexibility index (Phi) is 5.11. The first-order valence-electron chi connectivity index (χ1n) is 8.21. The van der Waals surface area contributed by atoms with E-state index >= 15 is 0 Å². The fraction of sp³-hybridized carbons (Fsp3) is 0.263. The van der Waals surface area contributed by atoms with E-state index in [-0.39, 0.29) is 11.9 Å². The maximum absolute atomic E-state index is 11.9. The van der Waals surface area contributed by atoms with Crippen LogP contribution in [0.5, 0.6) is 0 Å². The second kappa shape index (κ2) is 7.64. The standard InChI is InChI=1S/C19H21N3O2/c23-18-8-4-5-13-22(18)17-11-9-16(10-12-17)21-19(24)20-14-15-6-2-1-3-7-15/h1-3,6-7,9-12H,4-5,8,13-14H2,(H2,20,21,24). The number of benzene rings is 2. The van der Waals surface area contributed by atoms with Crippen LogP contribution in [-0.2, 0) is 11.3 Å². The van der Waals surface area contributed by atoms with Crippen molar-refractivity contribution in [1.29, 1.82) is 0 Å². The van der Waals surface area contributed by atoms with Crippen LogP contribution < -0.4 is 15.5 Å². The van der Waals surface area contributed by atoms with Gasteiger partial charge in [-0.15, -0.1) is 0 Å². The molecule has 0 spiro atoms. The van der Waals surface area contributed by atoms with Crippen molar-refractivity contribution in [1.82, 2.24) is 5.32 Å². The topological polar surface area (TPSA) is 61.4 Å². The van der Waals surface area contributed by atoms with Crippen molar-refractivity contribution < 1.29 is 9.59 Å². The van der Waals surface area contributed by atoms with Crippen LogP contribution in [0.1, 0.15) is 24.8 Å². The fourth-order valence-corrected chi connectivity index (χ4v) is 2.76. The molecular formula is C19H21N3O2. The Morgan fingerprint density at radius 3 is 2.46 bits per heavy atom. The van der Waals surface area contributed by atoms with Crippen molar-refractivity contribution >= 4 is 23.3 Å². The number of nitrogens with zero attached hydrogens (tertiary/aromatic N) is 1. The lowest BCUT2D eigenvalue weighted by Crippen LogP contribution is -2.35. The molecule has 0 radical (unpaired) electrons. The SMILES string of the molecule is O=C(NCc1ccccc1)Nc1ccc(N2CCCCC2=O)cc1. The maximum atomic E-state index is 11.9. The summed E-state index contributed by atoms with van der Waals surface area (Å²) in [5.74, 6) is 0.169. The van der Waals surface area contributed by atoms with Gasteiger partial charge in [-0.3, -0.25) is 4.79 Å². The number of rotatable bonds is 4. The molecule has 1 saturated heterocycles. The van der Waals surface area contributed by atoms with Crippen molar-refractivity contribution in [3.63, 3.8) is 0 Å². The summed E-state index contributed by atoms with van der Waals surface area (Å²) in [6.07, 6.45) is 2.62. The van der Waals surface area contributed by atoms with E-state index in [1.165, 1.54) is 0 Å². The highest BCUT2D eigenvalue weighted by Crippen LogP contribution is 2.22. The van der Waals surface area contributed by atoms with Gasteiger partial charge < -0.3 is 15.5 Å². The monoisotopic (exact) mass is 323 g/mol. The molecule has 2 N–H and O–H groups in total. The van der Waals surface area contributed by atoms with Gasteiger partial charge in [0, 0.05) is 30.9 Å². The van der Waals surface area contributed by atoms with Crippen LogP contribution in [0.15, 0.2) is 54.6 Å². The summed E-state index contributed by atoms with van der Waals surface area (Å²) in [4.78, 5) is 25.7. The van der Waals surface area contributed by atoms with Gasteiger partial charge in [0.2, 0.25) is 5.91 Å². The highest BCUT2D eigenvalue weighted by molar-refractivity contribution is 5.94. The molecule has 1 aliphatic rings. The van der Waals surface area contributed by atoms with Gasteiger partial charge in [0.15, 0.2) is 0 Å². The van der Waals surface area contributed by atoms with E-state index < -0.39 is 0 Å². The van der Waals surface area contributed by atoms with Crippen LogP contribution in [0.2, 0.25) is 0 Å². The lowest BCUT2D eigenvalue weighted by molar-refractivity contribution is -0.119. The Morgan fingerprint density at radius 2 is 1.75 bits per heavy atom. The van der Waals surface area contributed by atoms with Crippen molar-refractivity contribution in [3.8, 4) is 0 Å². The highest BCUT2D eigenvalue weighted by atomic mass is 16.2. The Balaban J connectivity index is 1.54.